The van der Waals surface area contributed by atoms with Gasteiger partial charge in [-0.05, 0) is 11.6 Å². The molecule has 0 amide bonds. The monoisotopic (exact) mass is 192 g/mol. The molecule has 0 spiro atoms. The Bertz CT molecular complexity index is 538. The van der Waals surface area contributed by atoms with Crippen molar-refractivity contribution in [1.29, 1.82) is 0 Å². The van der Waals surface area contributed by atoms with Gasteiger partial charge in [-0.3, -0.25) is 9.59 Å². The topological polar surface area (TPSA) is 85.9 Å². The predicted molar refractivity (Wildman–Crippen MR) is 50.3 cm³/mol. The minimum Gasteiger partial charge on any atom is -0.481 e. The fourth-order valence-corrected chi connectivity index (χ4v) is 1.40. The van der Waals surface area contributed by atoms with Crippen LogP contribution >= 0.6 is 0 Å². The fourth-order valence-electron chi connectivity index (χ4n) is 1.40. The number of aromatic nitrogens is 2. The molecule has 0 saturated heterocycles. The Morgan fingerprint density at radius 1 is 1.43 bits per heavy atom. The molecule has 5 heteroatoms. The first-order chi connectivity index (χ1) is 6.66. The highest BCUT2D eigenvalue weighted by molar-refractivity contribution is 5.84. The molecule has 2 aromatic rings. The van der Waals surface area contributed by atoms with E-state index in [4.69, 9.17) is 5.11 Å². The maximum absolute atomic E-state index is 10.9. The van der Waals surface area contributed by atoms with Crippen molar-refractivity contribution in [3.05, 3.63) is 34.2 Å². The van der Waals surface area contributed by atoms with E-state index in [0.29, 0.717) is 11.2 Å². The highest BCUT2D eigenvalue weighted by Crippen LogP contribution is 2.14. The molecule has 5 nitrogen and oxygen atoms in total. The zero-order chi connectivity index (χ0) is 10.1. The molecule has 14 heavy (non-hydrogen) atoms. The van der Waals surface area contributed by atoms with E-state index in [9.17, 15) is 9.59 Å². The molecule has 0 radical (unpaired) electrons. The van der Waals surface area contributed by atoms with Crippen LogP contribution < -0.4 is 5.56 Å². The van der Waals surface area contributed by atoms with Crippen molar-refractivity contribution in [2.75, 3.05) is 0 Å². The number of fused-ring (bicyclic) bond motifs is 1. The second kappa shape index (κ2) is 3.02. The number of aliphatic carboxylic acids is 1. The van der Waals surface area contributed by atoms with E-state index in [1.54, 1.807) is 12.3 Å². The quantitative estimate of drug-likeness (QED) is 0.647. The third-order valence-corrected chi connectivity index (χ3v) is 2.00. The van der Waals surface area contributed by atoms with Gasteiger partial charge in [0.2, 0.25) is 5.56 Å². The molecule has 72 valence electrons. The van der Waals surface area contributed by atoms with Crippen molar-refractivity contribution in [2.24, 2.45) is 0 Å². The second-order valence-corrected chi connectivity index (χ2v) is 3.00. The van der Waals surface area contributed by atoms with E-state index in [1.165, 1.54) is 6.07 Å². The zero-order valence-corrected chi connectivity index (χ0v) is 7.20. The summed E-state index contributed by atoms with van der Waals surface area (Å²) < 4.78 is 0. The number of H-pyrrole nitrogens is 2. The molecule has 2 rings (SSSR count). The molecule has 0 aliphatic rings. The van der Waals surface area contributed by atoms with Gasteiger partial charge in [-0.25, -0.2) is 0 Å². The van der Waals surface area contributed by atoms with Crippen LogP contribution in [0.25, 0.3) is 11.0 Å². The van der Waals surface area contributed by atoms with Crippen LogP contribution in [0.4, 0.5) is 0 Å². The molecule has 3 N–H and O–H groups in total. The fraction of sp³-hybridized carbons (Fsp3) is 0.111. The first-order valence-corrected chi connectivity index (χ1v) is 4.08. The number of carboxylic acid groups (broad SMARTS) is 1. The largest absolute Gasteiger partial charge is 0.481 e. The molecule has 0 aliphatic carbocycles. The van der Waals surface area contributed by atoms with E-state index in [-0.39, 0.29) is 12.0 Å². The number of hydrogen-bond donors (Lipinski definition) is 3. The lowest BCUT2D eigenvalue weighted by Crippen LogP contribution is -2.03. The van der Waals surface area contributed by atoms with Gasteiger partial charge in [0.05, 0.1) is 6.42 Å². The van der Waals surface area contributed by atoms with Gasteiger partial charge in [-0.2, -0.15) is 0 Å². The van der Waals surface area contributed by atoms with E-state index < -0.39 is 5.97 Å². The third-order valence-electron chi connectivity index (χ3n) is 2.00. The van der Waals surface area contributed by atoms with Crippen molar-refractivity contribution >= 4 is 17.0 Å². The summed E-state index contributed by atoms with van der Waals surface area (Å²) in [6.45, 7) is 0. The van der Waals surface area contributed by atoms with E-state index in [2.05, 4.69) is 9.97 Å². The van der Waals surface area contributed by atoms with Crippen LogP contribution in [0.5, 0.6) is 0 Å². The van der Waals surface area contributed by atoms with Gasteiger partial charge in [0.25, 0.3) is 0 Å². The summed E-state index contributed by atoms with van der Waals surface area (Å²) in [4.78, 5) is 26.8. The maximum atomic E-state index is 10.9. The van der Waals surface area contributed by atoms with Gasteiger partial charge < -0.3 is 15.1 Å². The average Bonchev–Trinajstić information content (AvgIpc) is 2.47. The van der Waals surface area contributed by atoms with Crippen LogP contribution in [-0.2, 0) is 11.2 Å². The summed E-state index contributed by atoms with van der Waals surface area (Å²) in [5, 5.41) is 9.36. The lowest BCUT2D eigenvalue weighted by Gasteiger charge is -1.92. The van der Waals surface area contributed by atoms with Crippen LogP contribution in [-0.4, -0.2) is 21.0 Å². The highest BCUT2D eigenvalue weighted by atomic mass is 16.4. The lowest BCUT2D eigenvalue weighted by molar-refractivity contribution is -0.136. The number of hydrogen-bond acceptors (Lipinski definition) is 2. The summed E-state index contributed by atoms with van der Waals surface area (Å²) in [5.74, 6) is -0.892. The van der Waals surface area contributed by atoms with Crippen LogP contribution in [0.15, 0.2) is 23.1 Å². The van der Waals surface area contributed by atoms with Crippen molar-refractivity contribution in [1.82, 2.24) is 9.97 Å². The van der Waals surface area contributed by atoms with Gasteiger partial charge in [-0.15, -0.1) is 0 Å². The smallest absolute Gasteiger partial charge is 0.307 e. The first kappa shape index (κ1) is 8.55. The minimum atomic E-state index is -0.892. The zero-order valence-electron chi connectivity index (χ0n) is 7.20. The molecule has 2 heterocycles. The van der Waals surface area contributed by atoms with E-state index in [0.717, 1.165) is 5.39 Å². The van der Waals surface area contributed by atoms with Gasteiger partial charge in [-0.1, -0.05) is 0 Å². The molecule has 2 aromatic heterocycles. The molecule has 0 unspecified atom stereocenters. The molecular formula is C9H8N2O3. The molecule has 0 saturated carbocycles. The Morgan fingerprint density at radius 3 is 2.93 bits per heavy atom. The maximum Gasteiger partial charge on any atom is 0.307 e. The van der Waals surface area contributed by atoms with Crippen molar-refractivity contribution in [3.63, 3.8) is 0 Å². The summed E-state index contributed by atoms with van der Waals surface area (Å²) in [6.07, 6.45) is 1.54. The summed E-state index contributed by atoms with van der Waals surface area (Å²) >= 11 is 0. The van der Waals surface area contributed by atoms with Crippen LogP contribution in [0.3, 0.4) is 0 Å². The van der Waals surface area contributed by atoms with Crippen LogP contribution in [0, 0.1) is 0 Å². The number of nitrogens with one attached hydrogen (secondary N) is 2. The van der Waals surface area contributed by atoms with Crippen LogP contribution in [0.2, 0.25) is 0 Å². The number of carbonyl (C=O) groups is 1. The summed E-state index contributed by atoms with van der Waals surface area (Å²) in [6, 6.07) is 2.99. The normalized spacial score (nSPS) is 10.6. The standard InChI is InChI=1S/C9H8N2O3/c12-7-2-1-6-5(3-8(13)14)4-10-9(6)11-7/h1-2,4H,3H2,(H,13,14)(H2,10,11,12). The Hall–Kier alpha value is -2.04. The number of carboxylic acids is 1. The molecule has 0 bridgehead atoms. The van der Waals surface area contributed by atoms with Crippen LogP contribution in [0.1, 0.15) is 5.56 Å². The second-order valence-electron chi connectivity index (χ2n) is 3.00. The predicted octanol–water partition coefficient (Wildman–Crippen LogP) is 0.483. The third kappa shape index (κ3) is 1.39. The summed E-state index contributed by atoms with van der Waals surface area (Å²) in [5.41, 5.74) is 1.03. The molecule has 0 atom stereocenters. The molecular weight excluding hydrogens is 184 g/mol. The van der Waals surface area contributed by atoms with Gasteiger partial charge in [0, 0.05) is 17.6 Å². The van der Waals surface area contributed by atoms with Crippen molar-refractivity contribution < 1.29 is 9.90 Å². The van der Waals surface area contributed by atoms with Gasteiger partial charge in [0.15, 0.2) is 0 Å². The highest BCUT2D eigenvalue weighted by Gasteiger charge is 2.07. The number of rotatable bonds is 2. The summed E-state index contributed by atoms with van der Waals surface area (Å²) in [7, 11) is 0. The SMILES string of the molecule is O=C(O)Cc1c[nH]c2[nH]c(=O)ccc12. The number of aromatic amines is 2. The lowest BCUT2D eigenvalue weighted by atomic mass is 10.2. The Labute approximate surface area is 78.4 Å². The molecule has 0 aromatic carbocycles. The van der Waals surface area contributed by atoms with E-state index >= 15 is 0 Å². The first-order valence-electron chi connectivity index (χ1n) is 4.08. The average molecular weight is 192 g/mol. The Morgan fingerprint density at radius 2 is 2.21 bits per heavy atom. The molecule has 0 fully saturated rings. The van der Waals surface area contributed by atoms with Gasteiger partial charge in [0.1, 0.15) is 5.65 Å². The minimum absolute atomic E-state index is 0.0496. The Balaban J connectivity index is 2.58. The van der Waals surface area contributed by atoms with Gasteiger partial charge >= 0.3 is 5.97 Å². The van der Waals surface area contributed by atoms with Crippen molar-refractivity contribution in [3.8, 4) is 0 Å². The molecule has 0 aliphatic heterocycles. The Kier molecular flexibility index (Phi) is 1.85. The van der Waals surface area contributed by atoms with E-state index in [1.807, 2.05) is 0 Å². The number of pyridine rings is 1. The van der Waals surface area contributed by atoms with Crippen molar-refractivity contribution in [2.45, 2.75) is 6.42 Å².